The molecule has 2 aromatic heterocycles. The molecule has 1 unspecified atom stereocenters. The van der Waals surface area contributed by atoms with E-state index in [0.29, 0.717) is 10.2 Å². The van der Waals surface area contributed by atoms with E-state index < -0.39 is 6.10 Å². The maximum absolute atomic E-state index is 11.8. The average molecular weight is 226 g/mol. The van der Waals surface area contributed by atoms with Crippen LogP contribution >= 0.6 is 11.3 Å². The van der Waals surface area contributed by atoms with Crippen LogP contribution in [-0.4, -0.2) is 32.5 Å². The van der Waals surface area contributed by atoms with E-state index in [4.69, 9.17) is 5.11 Å². The number of nitrogens with zero attached hydrogens (tertiary/aromatic N) is 2. The van der Waals surface area contributed by atoms with Crippen molar-refractivity contribution >= 4 is 21.6 Å². The summed E-state index contributed by atoms with van der Waals surface area (Å²) in [7, 11) is 0. The molecule has 6 heteroatoms. The van der Waals surface area contributed by atoms with E-state index in [1.807, 2.05) is 0 Å². The Morgan fingerprint density at radius 2 is 2.40 bits per heavy atom. The lowest BCUT2D eigenvalue weighted by Gasteiger charge is -2.08. The van der Waals surface area contributed by atoms with E-state index in [0.717, 1.165) is 0 Å². The van der Waals surface area contributed by atoms with Gasteiger partial charge in [-0.25, -0.2) is 4.98 Å². The normalized spacial score (nSPS) is 13.2. The lowest BCUT2D eigenvalue weighted by atomic mass is 10.3. The Kier molecular flexibility index (Phi) is 2.81. The van der Waals surface area contributed by atoms with Gasteiger partial charge in [-0.1, -0.05) is 0 Å². The summed E-state index contributed by atoms with van der Waals surface area (Å²) in [5.41, 5.74) is -0.186. The minimum Gasteiger partial charge on any atom is -0.394 e. The molecule has 0 aliphatic carbocycles. The van der Waals surface area contributed by atoms with Crippen molar-refractivity contribution in [2.45, 2.75) is 12.6 Å². The predicted molar refractivity (Wildman–Crippen MR) is 57.0 cm³/mol. The molecule has 0 fully saturated rings. The number of aliphatic hydroxyl groups excluding tert-OH is 2. The van der Waals surface area contributed by atoms with Crippen molar-refractivity contribution in [1.82, 2.24) is 9.55 Å². The van der Waals surface area contributed by atoms with Gasteiger partial charge in [0.1, 0.15) is 4.83 Å². The standard InChI is InChI=1S/C9H10N2O3S/c12-4-6(13)3-11-5-10-8-7(9(11)14)1-2-15-8/h1-2,5-6,12-13H,3-4H2. The first-order chi connectivity index (χ1) is 7.22. The maximum Gasteiger partial charge on any atom is 0.262 e. The SMILES string of the molecule is O=c1c2ccsc2ncn1CC(O)CO. The molecule has 0 saturated heterocycles. The number of thiophene rings is 1. The summed E-state index contributed by atoms with van der Waals surface area (Å²) in [5, 5.41) is 20.2. The van der Waals surface area contributed by atoms with Gasteiger partial charge in [0, 0.05) is 0 Å². The molecule has 80 valence electrons. The van der Waals surface area contributed by atoms with Crippen LogP contribution < -0.4 is 5.56 Å². The number of aromatic nitrogens is 2. The second kappa shape index (κ2) is 4.09. The van der Waals surface area contributed by atoms with Crippen LogP contribution in [-0.2, 0) is 6.54 Å². The highest BCUT2D eigenvalue weighted by atomic mass is 32.1. The van der Waals surface area contributed by atoms with E-state index in [-0.39, 0.29) is 18.7 Å². The Balaban J connectivity index is 2.44. The molecule has 0 amide bonds. The van der Waals surface area contributed by atoms with Crippen LogP contribution in [0.1, 0.15) is 0 Å². The Labute approximate surface area is 89.2 Å². The maximum atomic E-state index is 11.8. The lowest BCUT2D eigenvalue weighted by Crippen LogP contribution is -2.28. The highest BCUT2D eigenvalue weighted by molar-refractivity contribution is 7.16. The summed E-state index contributed by atoms with van der Waals surface area (Å²) in [4.78, 5) is 16.5. The van der Waals surface area contributed by atoms with Crippen molar-refractivity contribution in [2.75, 3.05) is 6.61 Å². The second-order valence-corrected chi connectivity index (χ2v) is 4.07. The fourth-order valence-corrected chi connectivity index (χ4v) is 2.03. The molecule has 0 bridgehead atoms. The number of hydrogen-bond donors (Lipinski definition) is 2. The molecule has 2 N–H and O–H groups in total. The summed E-state index contributed by atoms with van der Waals surface area (Å²) in [5.74, 6) is 0. The number of rotatable bonds is 3. The third-order valence-electron chi connectivity index (χ3n) is 2.07. The fourth-order valence-electron chi connectivity index (χ4n) is 1.31. The van der Waals surface area contributed by atoms with Crippen molar-refractivity contribution in [2.24, 2.45) is 0 Å². The average Bonchev–Trinajstić information content (AvgIpc) is 2.70. The van der Waals surface area contributed by atoms with Gasteiger partial charge >= 0.3 is 0 Å². The van der Waals surface area contributed by atoms with Crippen molar-refractivity contribution in [3.8, 4) is 0 Å². The van der Waals surface area contributed by atoms with E-state index in [9.17, 15) is 9.90 Å². The van der Waals surface area contributed by atoms with Crippen LogP contribution in [0.15, 0.2) is 22.6 Å². The number of aliphatic hydroxyl groups is 2. The lowest BCUT2D eigenvalue weighted by molar-refractivity contribution is 0.0803. The third kappa shape index (κ3) is 1.92. The zero-order valence-electron chi connectivity index (χ0n) is 7.83. The summed E-state index contributed by atoms with van der Waals surface area (Å²) in [6.07, 6.45) is 0.459. The number of hydrogen-bond acceptors (Lipinski definition) is 5. The van der Waals surface area contributed by atoms with Crippen molar-refractivity contribution < 1.29 is 10.2 Å². The van der Waals surface area contributed by atoms with Crippen LogP contribution in [0.2, 0.25) is 0 Å². The van der Waals surface area contributed by atoms with Crippen LogP contribution in [0, 0.1) is 0 Å². The van der Waals surface area contributed by atoms with Gasteiger partial charge in [-0.05, 0) is 11.4 Å². The second-order valence-electron chi connectivity index (χ2n) is 3.18. The van der Waals surface area contributed by atoms with Gasteiger partial charge in [-0.3, -0.25) is 9.36 Å². The molecule has 2 heterocycles. The molecule has 0 radical (unpaired) electrons. The summed E-state index contributed by atoms with van der Waals surface area (Å²) >= 11 is 1.40. The third-order valence-corrected chi connectivity index (χ3v) is 2.89. The highest BCUT2D eigenvalue weighted by Crippen LogP contribution is 2.13. The zero-order valence-corrected chi connectivity index (χ0v) is 8.65. The molecule has 0 aliphatic rings. The molecule has 0 aromatic carbocycles. The van der Waals surface area contributed by atoms with Crippen LogP contribution in [0.3, 0.4) is 0 Å². The van der Waals surface area contributed by atoms with Crippen molar-refractivity contribution in [3.05, 3.63) is 28.1 Å². The van der Waals surface area contributed by atoms with Gasteiger partial charge in [0.05, 0.1) is 31.0 Å². The Morgan fingerprint density at radius 3 is 3.13 bits per heavy atom. The first-order valence-corrected chi connectivity index (χ1v) is 5.32. The Morgan fingerprint density at radius 1 is 1.60 bits per heavy atom. The van der Waals surface area contributed by atoms with Gasteiger partial charge in [-0.2, -0.15) is 0 Å². The van der Waals surface area contributed by atoms with Crippen molar-refractivity contribution in [1.29, 1.82) is 0 Å². The molecular formula is C9H10N2O3S. The molecule has 5 nitrogen and oxygen atoms in total. The van der Waals surface area contributed by atoms with E-state index in [1.165, 1.54) is 22.2 Å². The van der Waals surface area contributed by atoms with Crippen LogP contribution in [0.25, 0.3) is 10.2 Å². The van der Waals surface area contributed by atoms with E-state index in [2.05, 4.69) is 4.98 Å². The van der Waals surface area contributed by atoms with Gasteiger partial charge in [-0.15, -0.1) is 11.3 Å². The monoisotopic (exact) mass is 226 g/mol. The first kappa shape index (κ1) is 10.3. The fraction of sp³-hybridized carbons (Fsp3) is 0.333. The highest BCUT2D eigenvalue weighted by Gasteiger charge is 2.08. The molecule has 15 heavy (non-hydrogen) atoms. The number of fused-ring (bicyclic) bond motifs is 1. The molecule has 0 saturated carbocycles. The Hall–Kier alpha value is -1.24. The predicted octanol–water partition coefficient (Wildman–Crippen LogP) is -0.189. The molecular weight excluding hydrogens is 216 g/mol. The quantitative estimate of drug-likeness (QED) is 0.760. The van der Waals surface area contributed by atoms with E-state index in [1.54, 1.807) is 11.4 Å². The zero-order chi connectivity index (χ0) is 10.8. The largest absolute Gasteiger partial charge is 0.394 e. The molecule has 2 rings (SSSR count). The Bertz CT molecular complexity index is 519. The van der Waals surface area contributed by atoms with Crippen LogP contribution in [0.4, 0.5) is 0 Å². The summed E-state index contributed by atoms with van der Waals surface area (Å²) in [6, 6.07) is 1.71. The van der Waals surface area contributed by atoms with E-state index >= 15 is 0 Å². The minimum atomic E-state index is -0.930. The van der Waals surface area contributed by atoms with Gasteiger partial charge < -0.3 is 10.2 Å². The summed E-state index contributed by atoms with van der Waals surface area (Å²) in [6.45, 7) is -0.303. The van der Waals surface area contributed by atoms with Gasteiger partial charge in [0.25, 0.3) is 5.56 Å². The van der Waals surface area contributed by atoms with Crippen molar-refractivity contribution in [3.63, 3.8) is 0 Å². The minimum absolute atomic E-state index is 0.0636. The molecule has 1 atom stereocenters. The summed E-state index contributed by atoms with van der Waals surface area (Å²) < 4.78 is 1.30. The smallest absolute Gasteiger partial charge is 0.262 e. The van der Waals surface area contributed by atoms with Crippen LogP contribution in [0.5, 0.6) is 0 Å². The molecule has 2 aromatic rings. The van der Waals surface area contributed by atoms with Gasteiger partial charge in [0.2, 0.25) is 0 Å². The molecule has 0 spiro atoms. The van der Waals surface area contributed by atoms with Gasteiger partial charge in [0.15, 0.2) is 0 Å². The topological polar surface area (TPSA) is 75.4 Å². The first-order valence-electron chi connectivity index (χ1n) is 4.44. The molecule has 0 aliphatic heterocycles.